The molecule has 0 aliphatic carbocycles. The van der Waals surface area contributed by atoms with Crippen LogP contribution in [-0.4, -0.2) is 22.6 Å². The molecule has 3 heteroatoms. The van der Waals surface area contributed by atoms with E-state index >= 15 is 0 Å². The van der Waals surface area contributed by atoms with E-state index in [9.17, 15) is 0 Å². The Morgan fingerprint density at radius 3 is 3.00 bits per heavy atom. The minimum atomic E-state index is 0.799. The Morgan fingerprint density at radius 2 is 2.18 bits per heavy atom. The molecule has 1 aromatic heterocycles. The topological polar surface area (TPSA) is 29.9 Å². The number of benzene rings is 1. The number of aromatic nitrogens is 2. The zero-order chi connectivity index (χ0) is 11.7. The Kier molecular flexibility index (Phi) is 2.85. The molecule has 1 N–H and O–H groups in total. The van der Waals surface area contributed by atoms with Crippen LogP contribution in [0.1, 0.15) is 18.4 Å². The molecule has 1 fully saturated rings. The number of rotatable bonds is 2. The summed E-state index contributed by atoms with van der Waals surface area (Å²) in [6.45, 7) is 5.61. The molecule has 1 aliphatic rings. The number of imidazole rings is 1. The van der Waals surface area contributed by atoms with Gasteiger partial charge in [0.05, 0.1) is 17.4 Å². The van der Waals surface area contributed by atoms with Crippen LogP contribution in [0.4, 0.5) is 0 Å². The van der Waals surface area contributed by atoms with Crippen LogP contribution in [0.5, 0.6) is 0 Å². The molecule has 17 heavy (non-hydrogen) atoms. The molecule has 1 saturated heterocycles. The van der Waals surface area contributed by atoms with Gasteiger partial charge in [-0.25, -0.2) is 4.98 Å². The summed E-state index contributed by atoms with van der Waals surface area (Å²) in [4.78, 5) is 4.49. The smallest absolute Gasteiger partial charge is 0.0958 e. The number of fused-ring (bicyclic) bond motifs is 1. The SMILES string of the molecule is Cc1cccc2ncn(CC3CCNCC3)c12. The van der Waals surface area contributed by atoms with E-state index in [0.29, 0.717) is 0 Å². The van der Waals surface area contributed by atoms with Gasteiger partial charge in [-0.2, -0.15) is 0 Å². The highest BCUT2D eigenvalue weighted by molar-refractivity contribution is 5.78. The third-order valence-electron chi connectivity index (χ3n) is 3.75. The van der Waals surface area contributed by atoms with E-state index in [2.05, 4.69) is 40.0 Å². The third kappa shape index (κ3) is 2.07. The highest BCUT2D eigenvalue weighted by atomic mass is 15.0. The van der Waals surface area contributed by atoms with Gasteiger partial charge < -0.3 is 9.88 Å². The fourth-order valence-corrected chi connectivity index (χ4v) is 2.79. The van der Waals surface area contributed by atoms with E-state index < -0.39 is 0 Å². The summed E-state index contributed by atoms with van der Waals surface area (Å²) in [5.74, 6) is 0.799. The predicted molar refractivity (Wildman–Crippen MR) is 70.1 cm³/mol. The lowest BCUT2D eigenvalue weighted by Crippen LogP contribution is -2.29. The Bertz CT molecular complexity index is 509. The molecular formula is C14H19N3. The van der Waals surface area contributed by atoms with E-state index in [1.54, 1.807) is 0 Å². The summed E-state index contributed by atoms with van der Waals surface area (Å²) in [7, 11) is 0. The summed E-state index contributed by atoms with van der Waals surface area (Å²) in [6, 6.07) is 6.35. The Labute approximate surface area is 102 Å². The van der Waals surface area contributed by atoms with E-state index in [4.69, 9.17) is 0 Å². The summed E-state index contributed by atoms with van der Waals surface area (Å²) in [5.41, 5.74) is 3.76. The first-order valence-electron chi connectivity index (χ1n) is 6.46. The normalized spacial score (nSPS) is 17.7. The zero-order valence-corrected chi connectivity index (χ0v) is 10.3. The van der Waals surface area contributed by atoms with Crippen LogP contribution >= 0.6 is 0 Å². The van der Waals surface area contributed by atoms with Crippen LogP contribution in [0.15, 0.2) is 24.5 Å². The molecule has 0 atom stereocenters. The van der Waals surface area contributed by atoms with Gasteiger partial charge in [0.25, 0.3) is 0 Å². The number of nitrogens with one attached hydrogen (secondary N) is 1. The van der Waals surface area contributed by atoms with Gasteiger partial charge >= 0.3 is 0 Å². The second-order valence-electron chi connectivity index (χ2n) is 5.03. The molecular weight excluding hydrogens is 210 g/mol. The van der Waals surface area contributed by atoms with E-state index in [1.165, 1.54) is 23.9 Å². The molecule has 0 radical (unpaired) electrons. The van der Waals surface area contributed by atoms with Crippen LogP contribution in [0.25, 0.3) is 11.0 Å². The number of hydrogen-bond donors (Lipinski definition) is 1. The summed E-state index contributed by atoms with van der Waals surface area (Å²) in [6.07, 6.45) is 4.57. The van der Waals surface area contributed by atoms with Crippen molar-refractivity contribution in [1.82, 2.24) is 14.9 Å². The molecule has 3 nitrogen and oxygen atoms in total. The van der Waals surface area contributed by atoms with Gasteiger partial charge in [-0.15, -0.1) is 0 Å². The van der Waals surface area contributed by atoms with Gasteiger partial charge in [0.15, 0.2) is 0 Å². The molecule has 0 spiro atoms. The van der Waals surface area contributed by atoms with Gasteiger partial charge in [-0.3, -0.25) is 0 Å². The number of nitrogens with zero attached hydrogens (tertiary/aromatic N) is 2. The fraction of sp³-hybridized carbons (Fsp3) is 0.500. The van der Waals surface area contributed by atoms with Gasteiger partial charge in [-0.1, -0.05) is 12.1 Å². The summed E-state index contributed by atoms with van der Waals surface area (Å²) in [5, 5.41) is 3.42. The molecule has 0 bridgehead atoms. The Hall–Kier alpha value is -1.35. The molecule has 1 aromatic carbocycles. The van der Waals surface area contributed by atoms with Crippen LogP contribution in [0.3, 0.4) is 0 Å². The van der Waals surface area contributed by atoms with Crippen molar-refractivity contribution in [2.75, 3.05) is 13.1 Å². The van der Waals surface area contributed by atoms with Crippen LogP contribution < -0.4 is 5.32 Å². The predicted octanol–water partition coefficient (Wildman–Crippen LogP) is 2.34. The third-order valence-corrected chi connectivity index (χ3v) is 3.75. The van der Waals surface area contributed by atoms with Gasteiger partial charge in [-0.05, 0) is 50.4 Å². The summed E-state index contributed by atoms with van der Waals surface area (Å²) >= 11 is 0. The molecule has 90 valence electrons. The molecule has 0 amide bonds. The van der Waals surface area contributed by atoms with E-state index in [1.807, 2.05) is 6.33 Å². The van der Waals surface area contributed by atoms with Crippen molar-refractivity contribution < 1.29 is 0 Å². The zero-order valence-electron chi connectivity index (χ0n) is 10.3. The number of hydrogen-bond acceptors (Lipinski definition) is 2. The Morgan fingerprint density at radius 1 is 1.35 bits per heavy atom. The molecule has 0 saturated carbocycles. The lowest BCUT2D eigenvalue weighted by atomic mass is 9.98. The van der Waals surface area contributed by atoms with Gasteiger partial charge in [0, 0.05) is 6.54 Å². The fourth-order valence-electron chi connectivity index (χ4n) is 2.79. The maximum absolute atomic E-state index is 4.49. The van der Waals surface area contributed by atoms with Crippen molar-refractivity contribution in [3.8, 4) is 0 Å². The highest BCUT2D eigenvalue weighted by Crippen LogP contribution is 2.21. The standard InChI is InChI=1S/C14H19N3/c1-11-3-2-4-13-14(11)17(10-16-13)9-12-5-7-15-8-6-12/h2-4,10,12,15H,5-9H2,1H3. The number of piperidine rings is 1. The van der Waals surface area contributed by atoms with E-state index in [0.717, 1.165) is 31.1 Å². The monoisotopic (exact) mass is 229 g/mol. The van der Waals surface area contributed by atoms with Crippen LogP contribution in [-0.2, 0) is 6.54 Å². The largest absolute Gasteiger partial charge is 0.330 e. The van der Waals surface area contributed by atoms with Crippen LogP contribution in [0.2, 0.25) is 0 Å². The molecule has 0 unspecified atom stereocenters. The van der Waals surface area contributed by atoms with E-state index in [-0.39, 0.29) is 0 Å². The van der Waals surface area contributed by atoms with Crippen molar-refractivity contribution in [2.45, 2.75) is 26.3 Å². The second kappa shape index (κ2) is 4.49. The average Bonchev–Trinajstić information content (AvgIpc) is 2.75. The molecule has 1 aliphatic heterocycles. The maximum Gasteiger partial charge on any atom is 0.0958 e. The maximum atomic E-state index is 4.49. The lowest BCUT2D eigenvalue weighted by molar-refractivity contribution is 0.336. The first kappa shape index (κ1) is 10.8. The van der Waals surface area contributed by atoms with Gasteiger partial charge in [0.1, 0.15) is 0 Å². The van der Waals surface area contributed by atoms with Crippen molar-refractivity contribution in [1.29, 1.82) is 0 Å². The quantitative estimate of drug-likeness (QED) is 0.856. The van der Waals surface area contributed by atoms with Crippen molar-refractivity contribution in [3.63, 3.8) is 0 Å². The molecule has 3 rings (SSSR count). The number of para-hydroxylation sites is 1. The Balaban J connectivity index is 1.89. The highest BCUT2D eigenvalue weighted by Gasteiger charge is 2.15. The molecule has 2 heterocycles. The number of aryl methyl sites for hydroxylation is 1. The van der Waals surface area contributed by atoms with Crippen molar-refractivity contribution in [3.05, 3.63) is 30.1 Å². The lowest BCUT2D eigenvalue weighted by Gasteiger charge is -2.23. The minimum absolute atomic E-state index is 0.799. The first-order valence-corrected chi connectivity index (χ1v) is 6.46. The summed E-state index contributed by atoms with van der Waals surface area (Å²) < 4.78 is 2.33. The first-order chi connectivity index (χ1) is 8.34. The van der Waals surface area contributed by atoms with Crippen LogP contribution in [0, 0.1) is 12.8 Å². The van der Waals surface area contributed by atoms with Crippen molar-refractivity contribution in [2.24, 2.45) is 5.92 Å². The van der Waals surface area contributed by atoms with Crippen molar-refractivity contribution >= 4 is 11.0 Å². The van der Waals surface area contributed by atoms with Gasteiger partial charge in [0.2, 0.25) is 0 Å². The second-order valence-corrected chi connectivity index (χ2v) is 5.03. The average molecular weight is 229 g/mol. The molecule has 2 aromatic rings. The minimum Gasteiger partial charge on any atom is -0.330 e.